The monoisotopic (exact) mass is 262 g/mol. The number of hydrogen-bond acceptors (Lipinski definition) is 4. The molecule has 0 bridgehead atoms. The highest BCUT2D eigenvalue weighted by atomic mass is 16.5. The molecule has 1 fully saturated rings. The molecule has 104 valence electrons. The van der Waals surface area contributed by atoms with E-state index in [2.05, 4.69) is 18.8 Å². The fourth-order valence-electron chi connectivity index (χ4n) is 2.52. The number of nitrogen functional groups attached to an aromatic ring is 1. The van der Waals surface area contributed by atoms with Crippen LogP contribution in [0.1, 0.15) is 38.8 Å². The molecule has 1 aromatic rings. The number of carbonyl (C=O) groups excluding carboxylic acids is 1. The molecular weight excluding hydrogens is 240 g/mol. The maximum atomic E-state index is 11.9. The average Bonchev–Trinajstić information content (AvgIpc) is 2.37. The van der Waals surface area contributed by atoms with E-state index in [0.717, 1.165) is 25.2 Å². The number of nitrogens with zero attached hydrogens (tertiary/aromatic N) is 1. The van der Waals surface area contributed by atoms with Crippen LogP contribution in [0, 0.1) is 11.8 Å². The van der Waals surface area contributed by atoms with Crippen molar-refractivity contribution in [2.45, 2.75) is 45.6 Å². The summed E-state index contributed by atoms with van der Waals surface area (Å²) in [6, 6.07) is 3.52. The Kier molecular flexibility index (Phi) is 4.40. The fraction of sp³-hybridized carbons (Fsp3) is 0.600. The van der Waals surface area contributed by atoms with Gasteiger partial charge in [-0.3, -0.25) is 9.78 Å². The fourth-order valence-corrected chi connectivity index (χ4v) is 2.52. The van der Waals surface area contributed by atoms with E-state index in [4.69, 9.17) is 10.5 Å². The van der Waals surface area contributed by atoms with Crippen LogP contribution in [-0.4, -0.2) is 17.1 Å². The molecule has 1 heterocycles. The lowest BCUT2D eigenvalue weighted by atomic mass is 9.80. The van der Waals surface area contributed by atoms with Crippen LogP contribution in [0.25, 0.3) is 0 Å². The van der Waals surface area contributed by atoms with Gasteiger partial charge in [-0.05, 0) is 43.2 Å². The Morgan fingerprint density at radius 1 is 1.37 bits per heavy atom. The summed E-state index contributed by atoms with van der Waals surface area (Å²) in [7, 11) is 0. The van der Waals surface area contributed by atoms with E-state index in [1.807, 2.05) is 0 Å². The lowest BCUT2D eigenvalue weighted by molar-refractivity contribution is -0.151. The Balaban J connectivity index is 1.83. The summed E-state index contributed by atoms with van der Waals surface area (Å²) in [5, 5.41) is 0. The van der Waals surface area contributed by atoms with Gasteiger partial charge in [0, 0.05) is 0 Å². The van der Waals surface area contributed by atoms with Crippen molar-refractivity contribution in [1.82, 2.24) is 4.98 Å². The second-order valence-electron chi connectivity index (χ2n) is 5.64. The molecule has 1 saturated carbocycles. The molecule has 0 aromatic carbocycles. The normalized spacial score (nSPS) is 26.9. The zero-order chi connectivity index (χ0) is 13.8. The molecule has 3 unspecified atom stereocenters. The minimum Gasteiger partial charge on any atom is -0.462 e. The third-order valence-corrected chi connectivity index (χ3v) is 4.02. The Hall–Kier alpha value is -1.58. The van der Waals surface area contributed by atoms with Crippen molar-refractivity contribution < 1.29 is 9.53 Å². The van der Waals surface area contributed by atoms with Crippen LogP contribution >= 0.6 is 0 Å². The number of esters is 1. The van der Waals surface area contributed by atoms with E-state index >= 15 is 0 Å². The molecule has 0 amide bonds. The second kappa shape index (κ2) is 6.04. The van der Waals surface area contributed by atoms with E-state index in [1.165, 1.54) is 0 Å². The van der Waals surface area contributed by atoms with Crippen molar-refractivity contribution in [3.63, 3.8) is 0 Å². The number of ether oxygens (including phenoxy) is 1. The smallest absolute Gasteiger partial charge is 0.312 e. The van der Waals surface area contributed by atoms with Gasteiger partial charge in [0.25, 0.3) is 0 Å². The maximum absolute atomic E-state index is 11.9. The first kappa shape index (κ1) is 13.8. The highest BCUT2D eigenvalue weighted by molar-refractivity contribution is 5.72. The molecule has 3 atom stereocenters. The molecule has 0 saturated heterocycles. The molecule has 1 aliphatic rings. The van der Waals surface area contributed by atoms with Gasteiger partial charge < -0.3 is 10.5 Å². The predicted octanol–water partition coefficient (Wildman–Crippen LogP) is 2.57. The summed E-state index contributed by atoms with van der Waals surface area (Å²) in [5.41, 5.74) is 6.87. The van der Waals surface area contributed by atoms with Crippen molar-refractivity contribution in [2.24, 2.45) is 11.8 Å². The molecule has 2 rings (SSSR count). The van der Waals surface area contributed by atoms with Gasteiger partial charge in [0.15, 0.2) is 0 Å². The van der Waals surface area contributed by atoms with Gasteiger partial charge in [-0.2, -0.15) is 0 Å². The predicted molar refractivity (Wildman–Crippen MR) is 74.4 cm³/mol. The number of carbonyl (C=O) groups is 1. The third kappa shape index (κ3) is 3.94. The van der Waals surface area contributed by atoms with Crippen molar-refractivity contribution in [2.75, 3.05) is 5.73 Å². The number of nitrogens with two attached hydrogens (primary N) is 1. The summed E-state index contributed by atoms with van der Waals surface area (Å²) < 4.78 is 5.53. The van der Waals surface area contributed by atoms with Gasteiger partial charge in [-0.25, -0.2) is 0 Å². The molecule has 0 spiro atoms. The molecule has 1 aliphatic carbocycles. The van der Waals surface area contributed by atoms with E-state index < -0.39 is 0 Å². The Bertz CT molecular complexity index is 430. The lowest BCUT2D eigenvalue weighted by Gasteiger charge is -2.31. The largest absolute Gasteiger partial charge is 0.462 e. The van der Waals surface area contributed by atoms with Crippen molar-refractivity contribution in [1.29, 1.82) is 0 Å². The summed E-state index contributed by atoms with van der Waals surface area (Å²) in [6.45, 7) is 4.49. The average molecular weight is 262 g/mol. The van der Waals surface area contributed by atoms with Gasteiger partial charge in [0.2, 0.25) is 0 Å². The number of hydrogen-bond donors (Lipinski definition) is 1. The van der Waals surface area contributed by atoms with Gasteiger partial charge in [-0.1, -0.05) is 13.8 Å². The van der Waals surface area contributed by atoms with E-state index in [-0.39, 0.29) is 18.5 Å². The first-order chi connectivity index (χ1) is 9.04. The van der Waals surface area contributed by atoms with E-state index in [9.17, 15) is 4.79 Å². The maximum Gasteiger partial charge on any atom is 0.312 e. The van der Waals surface area contributed by atoms with E-state index in [1.54, 1.807) is 18.3 Å². The van der Waals surface area contributed by atoms with Gasteiger partial charge in [0.05, 0.1) is 24.0 Å². The SMILES string of the molecule is CC1CCC(OC(=O)Cc2ccc(N)cn2)CC1C. The van der Waals surface area contributed by atoms with Crippen LogP contribution in [0.4, 0.5) is 5.69 Å². The van der Waals surface area contributed by atoms with Crippen LogP contribution in [0.2, 0.25) is 0 Å². The van der Waals surface area contributed by atoms with Crippen molar-refractivity contribution in [3.05, 3.63) is 24.0 Å². The molecule has 1 aromatic heterocycles. The van der Waals surface area contributed by atoms with Crippen LogP contribution in [0.3, 0.4) is 0 Å². The van der Waals surface area contributed by atoms with E-state index in [0.29, 0.717) is 17.3 Å². The highest BCUT2D eigenvalue weighted by Crippen LogP contribution is 2.31. The van der Waals surface area contributed by atoms with Crippen LogP contribution < -0.4 is 5.73 Å². The quantitative estimate of drug-likeness (QED) is 0.850. The zero-order valence-electron chi connectivity index (χ0n) is 11.6. The van der Waals surface area contributed by atoms with Crippen LogP contribution in [0.15, 0.2) is 18.3 Å². The zero-order valence-corrected chi connectivity index (χ0v) is 11.6. The minimum absolute atomic E-state index is 0.0764. The molecule has 4 heteroatoms. The molecule has 0 aliphatic heterocycles. The first-order valence-corrected chi connectivity index (χ1v) is 6.94. The highest BCUT2D eigenvalue weighted by Gasteiger charge is 2.26. The van der Waals surface area contributed by atoms with Crippen molar-refractivity contribution >= 4 is 11.7 Å². The lowest BCUT2D eigenvalue weighted by Crippen LogP contribution is -2.29. The van der Waals surface area contributed by atoms with Crippen molar-refractivity contribution in [3.8, 4) is 0 Å². The Labute approximate surface area is 114 Å². The van der Waals surface area contributed by atoms with Gasteiger partial charge in [-0.15, -0.1) is 0 Å². The summed E-state index contributed by atoms with van der Waals surface area (Å²) >= 11 is 0. The first-order valence-electron chi connectivity index (χ1n) is 6.94. The van der Waals surface area contributed by atoms with Gasteiger partial charge in [0.1, 0.15) is 6.10 Å². The number of anilines is 1. The number of rotatable bonds is 3. The van der Waals surface area contributed by atoms with Gasteiger partial charge >= 0.3 is 5.97 Å². The topological polar surface area (TPSA) is 65.2 Å². The minimum atomic E-state index is -0.191. The summed E-state index contributed by atoms with van der Waals surface area (Å²) in [5.74, 6) is 1.17. The molecule has 19 heavy (non-hydrogen) atoms. The standard InChI is InChI=1S/C15H22N2O2/c1-10-3-6-14(7-11(10)2)19-15(18)8-13-5-4-12(16)9-17-13/h4-5,9-11,14H,3,6-8,16H2,1-2H3. The summed E-state index contributed by atoms with van der Waals surface area (Å²) in [6.07, 6.45) is 4.95. The number of aromatic nitrogens is 1. The molecule has 0 radical (unpaired) electrons. The molecular formula is C15H22N2O2. The van der Waals surface area contributed by atoms with Crippen LogP contribution in [-0.2, 0) is 16.0 Å². The number of pyridine rings is 1. The van der Waals surface area contributed by atoms with Crippen LogP contribution in [0.5, 0.6) is 0 Å². The summed E-state index contributed by atoms with van der Waals surface area (Å²) in [4.78, 5) is 16.0. The second-order valence-corrected chi connectivity index (χ2v) is 5.64. The third-order valence-electron chi connectivity index (χ3n) is 4.02. The Morgan fingerprint density at radius 3 is 2.79 bits per heavy atom. The molecule has 2 N–H and O–H groups in total. The Morgan fingerprint density at radius 2 is 2.16 bits per heavy atom. The molecule has 4 nitrogen and oxygen atoms in total.